The number of carbonyl (C=O) groups is 2. The van der Waals surface area contributed by atoms with Gasteiger partial charge in [0.05, 0.1) is 5.52 Å². The van der Waals surface area contributed by atoms with Crippen LogP contribution < -0.4 is 10.1 Å². The fourth-order valence-corrected chi connectivity index (χ4v) is 4.77. The molecule has 6 rings (SSSR count). The zero-order valence-corrected chi connectivity index (χ0v) is 23.9. The SMILES string of the molecule is Cc1noc(-c2ccc(-c3ccc(Oc4nc5ccccc5cc4C(=O)O)cc3)cc2)c1NC(=O)O[C@H](C)c1ccccc1. The number of aromatic nitrogens is 2. The third kappa shape index (κ3) is 5.98. The highest BCUT2D eigenvalue weighted by atomic mass is 16.6. The van der Waals surface area contributed by atoms with Crippen LogP contribution in [0.15, 0.2) is 114 Å². The van der Waals surface area contributed by atoms with E-state index in [1.807, 2.05) is 78.9 Å². The number of para-hydroxylation sites is 1. The highest BCUT2D eigenvalue weighted by molar-refractivity contribution is 5.95. The average Bonchev–Trinajstić information content (AvgIpc) is 3.40. The summed E-state index contributed by atoms with van der Waals surface area (Å²) in [7, 11) is 0. The summed E-state index contributed by atoms with van der Waals surface area (Å²) in [6.45, 7) is 3.55. The van der Waals surface area contributed by atoms with E-state index in [1.54, 1.807) is 44.2 Å². The van der Waals surface area contributed by atoms with Gasteiger partial charge in [0.25, 0.3) is 0 Å². The molecule has 0 fully saturated rings. The Hall–Kier alpha value is -5.96. The summed E-state index contributed by atoms with van der Waals surface area (Å²) in [5, 5.41) is 17.2. The lowest BCUT2D eigenvalue weighted by molar-refractivity contribution is 0.0693. The van der Waals surface area contributed by atoms with Crippen molar-refractivity contribution >= 4 is 28.7 Å². The minimum atomic E-state index is -1.12. The fraction of sp³-hybridized carbons (Fsp3) is 0.0857. The number of pyridine rings is 1. The molecule has 4 aromatic carbocycles. The highest BCUT2D eigenvalue weighted by Gasteiger charge is 2.20. The van der Waals surface area contributed by atoms with Crippen LogP contribution in [0.3, 0.4) is 0 Å². The van der Waals surface area contributed by atoms with Crippen molar-refractivity contribution in [2.45, 2.75) is 20.0 Å². The second kappa shape index (κ2) is 12.1. The molecule has 0 saturated heterocycles. The van der Waals surface area contributed by atoms with Crippen molar-refractivity contribution in [3.63, 3.8) is 0 Å². The van der Waals surface area contributed by atoms with Crippen molar-refractivity contribution in [2.24, 2.45) is 0 Å². The molecule has 2 heterocycles. The maximum atomic E-state index is 12.7. The predicted molar refractivity (Wildman–Crippen MR) is 166 cm³/mol. The van der Waals surface area contributed by atoms with Gasteiger partial charge in [-0.2, -0.15) is 0 Å². The topological polar surface area (TPSA) is 124 Å². The van der Waals surface area contributed by atoms with E-state index in [0.717, 1.165) is 27.6 Å². The molecule has 0 saturated carbocycles. The van der Waals surface area contributed by atoms with Crippen LogP contribution in [0.2, 0.25) is 0 Å². The van der Waals surface area contributed by atoms with E-state index in [9.17, 15) is 14.7 Å². The summed E-state index contributed by atoms with van der Waals surface area (Å²) >= 11 is 0. The monoisotopic (exact) mass is 585 g/mol. The van der Waals surface area contributed by atoms with Gasteiger partial charge in [-0.15, -0.1) is 0 Å². The molecule has 44 heavy (non-hydrogen) atoms. The van der Waals surface area contributed by atoms with Crippen LogP contribution in [-0.2, 0) is 4.74 Å². The van der Waals surface area contributed by atoms with Crippen molar-refractivity contribution < 1.29 is 28.7 Å². The van der Waals surface area contributed by atoms with Crippen molar-refractivity contribution in [1.82, 2.24) is 10.1 Å². The molecule has 0 radical (unpaired) electrons. The Morgan fingerprint density at radius 1 is 0.841 bits per heavy atom. The Kier molecular flexibility index (Phi) is 7.75. The van der Waals surface area contributed by atoms with Crippen LogP contribution in [0.4, 0.5) is 10.5 Å². The number of aromatic carboxylic acids is 1. The molecule has 1 atom stereocenters. The van der Waals surface area contributed by atoms with E-state index in [-0.39, 0.29) is 11.4 Å². The first-order valence-electron chi connectivity index (χ1n) is 13.9. The lowest BCUT2D eigenvalue weighted by Crippen LogP contribution is -2.16. The minimum absolute atomic E-state index is 0.0150. The molecule has 0 aliphatic carbocycles. The van der Waals surface area contributed by atoms with Gasteiger partial charge in [-0.05, 0) is 54.8 Å². The van der Waals surface area contributed by atoms with Crippen LogP contribution in [-0.4, -0.2) is 27.3 Å². The molecule has 9 nitrogen and oxygen atoms in total. The summed E-state index contributed by atoms with van der Waals surface area (Å²) in [6.07, 6.45) is -1.04. The number of carboxylic acids is 1. The van der Waals surface area contributed by atoms with E-state index in [0.29, 0.717) is 28.4 Å². The Morgan fingerprint density at radius 3 is 2.18 bits per heavy atom. The Morgan fingerprint density at radius 2 is 1.48 bits per heavy atom. The van der Waals surface area contributed by atoms with Crippen molar-refractivity contribution in [3.05, 3.63) is 126 Å². The maximum Gasteiger partial charge on any atom is 0.412 e. The molecule has 0 aliphatic heterocycles. The number of amides is 1. The van der Waals surface area contributed by atoms with Gasteiger partial charge in [-0.1, -0.05) is 90.1 Å². The van der Waals surface area contributed by atoms with Crippen molar-refractivity contribution in [1.29, 1.82) is 0 Å². The largest absolute Gasteiger partial charge is 0.477 e. The number of fused-ring (bicyclic) bond motifs is 1. The molecule has 0 bridgehead atoms. The third-order valence-electron chi connectivity index (χ3n) is 7.11. The standard InChI is InChI=1S/C35H27N3O6/c1-21-31(37-35(41)42-22(2)23-8-4-3-5-9-23)32(44-38-21)26-14-12-24(13-15-26)25-16-18-28(19-17-25)43-33-29(34(39)40)20-27-10-6-7-11-30(27)36-33/h3-20,22H,1-2H3,(H,37,41)(H,39,40)/t22-/m1/s1. The number of hydrogen-bond acceptors (Lipinski definition) is 7. The maximum absolute atomic E-state index is 12.7. The molecular weight excluding hydrogens is 558 g/mol. The summed E-state index contributed by atoms with van der Waals surface area (Å²) in [5.41, 5.74) is 5.04. The number of rotatable bonds is 8. The third-order valence-corrected chi connectivity index (χ3v) is 7.11. The fourth-order valence-electron chi connectivity index (χ4n) is 4.77. The van der Waals surface area contributed by atoms with E-state index >= 15 is 0 Å². The van der Waals surface area contributed by atoms with Crippen LogP contribution in [0.25, 0.3) is 33.4 Å². The van der Waals surface area contributed by atoms with Gasteiger partial charge in [0.1, 0.15) is 28.8 Å². The first-order chi connectivity index (χ1) is 21.4. The first kappa shape index (κ1) is 28.2. The highest BCUT2D eigenvalue weighted by Crippen LogP contribution is 2.34. The molecule has 1 amide bonds. The number of carbonyl (C=O) groups excluding carboxylic acids is 1. The molecule has 2 N–H and O–H groups in total. The molecule has 0 aliphatic rings. The molecule has 2 aromatic heterocycles. The van der Waals surface area contributed by atoms with E-state index < -0.39 is 18.2 Å². The van der Waals surface area contributed by atoms with Crippen LogP contribution >= 0.6 is 0 Å². The lowest BCUT2D eigenvalue weighted by Gasteiger charge is -2.14. The Balaban J connectivity index is 1.16. The van der Waals surface area contributed by atoms with Crippen LogP contribution in [0, 0.1) is 6.92 Å². The van der Waals surface area contributed by atoms with Gasteiger partial charge in [0.2, 0.25) is 5.88 Å². The van der Waals surface area contributed by atoms with E-state index in [2.05, 4.69) is 15.5 Å². The number of hydrogen-bond donors (Lipinski definition) is 2. The van der Waals surface area contributed by atoms with Crippen molar-refractivity contribution in [3.8, 4) is 34.1 Å². The van der Waals surface area contributed by atoms with E-state index in [1.165, 1.54) is 0 Å². The predicted octanol–water partition coefficient (Wildman–Crippen LogP) is 8.67. The zero-order valence-electron chi connectivity index (χ0n) is 23.9. The summed E-state index contributed by atoms with van der Waals surface area (Å²) in [4.78, 5) is 28.9. The number of nitrogens with zero attached hydrogens (tertiary/aromatic N) is 2. The number of carboxylic acid groups (broad SMARTS) is 1. The van der Waals surface area contributed by atoms with Crippen LogP contribution in [0.5, 0.6) is 11.6 Å². The van der Waals surface area contributed by atoms with Gasteiger partial charge in [0, 0.05) is 10.9 Å². The Bertz CT molecular complexity index is 1950. The van der Waals surface area contributed by atoms with Crippen molar-refractivity contribution in [2.75, 3.05) is 5.32 Å². The molecule has 0 unspecified atom stereocenters. The second-order valence-corrected chi connectivity index (χ2v) is 10.1. The average molecular weight is 586 g/mol. The number of benzene rings is 4. The summed E-state index contributed by atoms with van der Waals surface area (Å²) in [6, 6.07) is 33.2. The second-order valence-electron chi connectivity index (χ2n) is 10.1. The zero-order chi connectivity index (χ0) is 30.6. The summed E-state index contributed by atoms with van der Waals surface area (Å²) < 4.78 is 17.0. The van der Waals surface area contributed by atoms with Gasteiger partial charge < -0.3 is 19.1 Å². The van der Waals surface area contributed by atoms with Crippen LogP contribution in [0.1, 0.15) is 34.6 Å². The molecule has 0 spiro atoms. The Labute approximate surface area is 252 Å². The quantitative estimate of drug-likeness (QED) is 0.182. The molecule has 6 aromatic rings. The van der Waals surface area contributed by atoms with Gasteiger partial charge in [0.15, 0.2) is 5.76 Å². The van der Waals surface area contributed by atoms with E-state index in [4.69, 9.17) is 14.0 Å². The summed E-state index contributed by atoms with van der Waals surface area (Å²) in [5.74, 6) is -0.219. The molecule has 218 valence electrons. The number of anilines is 1. The lowest BCUT2D eigenvalue weighted by atomic mass is 10.0. The van der Waals surface area contributed by atoms with Gasteiger partial charge >= 0.3 is 12.1 Å². The normalized spacial score (nSPS) is 11.6. The molecule has 9 heteroatoms. The number of nitrogens with one attached hydrogen (secondary N) is 1. The minimum Gasteiger partial charge on any atom is -0.477 e. The number of ether oxygens (including phenoxy) is 2. The smallest absolute Gasteiger partial charge is 0.412 e. The molecular formula is C35H27N3O6. The van der Waals surface area contributed by atoms with Gasteiger partial charge in [-0.25, -0.2) is 14.6 Å². The first-order valence-corrected chi connectivity index (χ1v) is 13.9. The van der Waals surface area contributed by atoms with Gasteiger partial charge in [-0.3, -0.25) is 5.32 Å². The number of aryl methyl sites for hydroxylation is 1.